The molecule has 0 heterocycles. The molecule has 0 aromatic heterocycles. The number of carbonyl (C=O) groups excluding carboxylic acids is 2. The van der Waals surface area contributed by atoms with Crippen LogP contribution >= 0.6 is 0 Å². The van der Waals surface area contributed by atoms with Gasteiger partial charge in [-0.15, -0.1) is 0 Å². The first-order valence-electron chi connectivity index (χ1n) is 35.8. The topological polar surface area (TPSA) is 95.9 Å². The number of rotatable bonds is 67. The number of aliphatic hydroxyl groups excluding tert-OH is 2. The van der Waals surface area contributed by atoms with Crippen LogP contribution in [0.4, 0.5) is 0 Å². The Bertz CT molecular complexity index is 1280. The fourth-order valence-corrected chi connectivity index (χ4v) is 11.2. The second kappa shape index (κ2) is 68.6. The van der Waals surface area contributed by atoms with Crippen LogP contribution in [0.1, 0.15) is 393 Å². The maximum absolute atomic E-state index is 12.5. The number of aliphatic hydroxyl groups is 2. The van der Waals surface area contributed by atoms with Crippen LogP contribution < -0.4 is 5.32 Å². The van der Waals surface area contributed by atoms with Crippen LogP contribution in [0, 0.1) is 0 Å². The second-order valence-corrected chi connectivity index (χ2v) is 24.6. The maximum atomic E-state index is 12.5. The predicted molar refractivity (Wildman–Crippen MR) is 347 cm³/mol. The number of hydrogen-bond donors (Lipinski definition) is 3. The highest BCUT2D eigenvalue weighted by atomic mass is 16.5. The molecule has 0 saturated carbocycles. The summed E-state index contributed by atoms with van der Waals surface area (Å²) in [5.41, 5.74) is 0. The van der Waals surface area contributed by atoms with Gasteiger partial charge < -0.3 is 20.3 Å². The average molecular weight is 1110 g/mol. The van der Waals surface area contributed by atoms with Crippen molar-refractivity contribution in [3.8, 4) is 0 Å². The van der Waals surface area contributed by atoms with E-state index in [9.17, 15) is 19.8 Å². The van der Waals surface area contributed by atoms with Gasteiger partial charge in [-0.1, -0.05) is 333 Å². The maximum Gasteiger partial charge on any atom is 0.305 e. The van der Waals surface area contributed by atoms with Gasteiger partial charge in [0.05, 0.1) is 25.4 Å². The van der Waals surface area contributed by atoms with E-state index in [2.05, 4.69) is 43.5 Å². The minimum absolute atomic E-state index is 0.00925. The van der Waals surface area contributed by atoms with Crippen molar-refractivity contribution in [1.29, 1.82) is 0 Å². The molecule has 6 nitrogen and oxygen atoms in total. The monoisotopic (exact) mass is 1110 g/mol. The molecule has 466 valence electrons. The minimum atomic E-state index is -0.844. The van der Waals surface area contributed by atoms with Gasteiger partial charge in [-0.2, -0.15) is 0 Å². The normalized spacial score (nSPS) is 12.7. The first kappa shape index (κ1) is 77.1. The van der Waals surface area contributed by atoms with Crippen molar-refractivity contribution < 1.29 is 24.5 Å². The van der Waals surface area contributed by atoms with Crippen LogP contribution in [0.5, 0.6) is 0 Å². The first-order valence-corrected chi connectivity index (χ1v) is 35.8. The van der Waals surface area contributed by atoms with E-state index in [0.717, 1.165) is 44.9 Å². The number of ether oxygens (including phenoxy) is 1. The smallest absolute Gasteiger partial charge is 0.305 e. The molecule has 79 heavy (non-hydrogen) atoms. The zero-order valence-electron chi connectivity index (χ0n) is 53.4. The standard InChI is InChI=1S/C73H139NO5/c1-3-5-7-9-11-13-15-17-19-34-38-41-45-49-53-57-61-65-71(76)70(69-75)74-72(77)66-62-58-54-50-46-42-39-35-32-30-28-26-24-22-20-21-23-25-27-29-31-33-36-40-44-48-52-56-60-64-68-79-73(78)67-63-59-55-51-47-43-37-18-16-14-12-10-8-6-4-2/h18,21,23,37,61,65,70-71,75-76H,3-17,19-20,22,24-36,38-60,62-64,66-69H2,1-2H3,(H,74,77)/b23-21-,37-18-,65-61+. The van der Waals surface area contributed by atoms with Crippen molar-refractivity contribution >= 4 is 11.9 Å². The molecular formula is C73H139NO5. The van der Waals surface area contributed by atoms with Crippen molar-refractivity contribution in [1.82, 2.24) is 5.32 Å². The van der Waals surface area contributed by atoms with E-state index in [4.69, 9.17) is 4.74 Å². The highest BCUT2D eigenvalue weighted by molar-refractivity contribution is 5.76. The van der Waals surface area contributed by atoms with E-state index in [0.29, 0.717) is 19.4 Å². The van der Waals surface area contributed by atoms with Crippen LogP contribution in [0.2, 0.25) is 0 Å². The van der Waals surface area contributed by atoms with Crippen LogP contribution in [0.15, 0.2) is 36.5 Å². The minimum Gasteiger partial charge on any atom is -0.466 e. The largest absolute Gasteiger partial charge is 0.466 e. The Labute approximate surface area is 494 Å². The van der Waals surface area contributed by atoms with Crippen LogP contribution in [0.25, 0.3) is 0 Å². The molecule has 2 unspecified atom stereocenters. The molecule has 0 aliphatic heterocycles. The van der Waals surface area contributed by atoms with Gasteiger partial charge in [-0.05, 0) is 83.5 Å². The molecule has 0 aliphatic rings. The second-order valence-electron chi connectivity index (χ2n) is 24.6. The summed E-state index contributed by atoms with van der Waals surface area (Å²) in [6, 6.07) is -0.627. The summed E-state index contributed by atoms with van der Waals surface area (Å²) in [6.07, 6.45) is 88.0. The molecule has 0 saturated heterocycles. The van der Waals surface area contributed by atoms with E-state index >= 15 is 0 Å². The number of amides is 1. The average Bonchev–Trinajstić information content (AvgIpc) is 3.45. The highest BCUT2D eigenvalue weighted by Gasteiger charge is 2.18. The Hall–Kier alpha value is -1.92. The van der Waals surface area contributed by atoms with E-state index < -0.39 is 12.1 Å². The summed E-state index contributed by atoms with van der Waals surface area (Å²) in [5.74, 6) is -0.0545. The summed E-state index contributed by atoms with van der Waals surface area (Å²) in [6.45, 7) is 4.93. The Morgan fingerprint density at radius 3 is 0.899 bits per heavy atom. The van der Waals surface area contributed by atoms with Gasteiger partial charge in [0.2, 0.25) is 5.91 Å². The van der Waals surface area contributed by atoms with Gasteiger partial charge in [-0.3, -0.25) is 9.59 Å². The SMILES string of the molecule is CCCCCCCC/C=C\CCCCCCCC(=O)OCCCCCCCCCCCCCC/C=C\CCCCCCCCCCCCCCCCC(=O)NC(CO)C(O)/C=C/CCCCCCCCCCCCCCCCC. The van der Waals surface area contributed by atoms with Gasteiger partial charge in [0, 0.05) is 12.8 Å². The van der Waals surface area contributed by atoms with Crippen LogP contribution in [0.3, 0.4) is 0 Å². The molecular weight excluding hydrogens is 971 g/mol. The number of allylic oxidation sites excluding steroid dienone is 5. The zero-order valence-corrected chi connectivity index (χ0v) is 53.4. The van der Waals surface area contributed by atoms with Gasteiger partial charge in [-0.25, -0.2) is 0 Å². The van der Waals surface area contributed by atoms with Crippen molar-refractivity contribution in [3.05, 3.63) is 36.5 Å². The summed E-state index contributed by atoms with van der Waals surface area (Å²) in [5, 5.41) is 23.2. The number of nitrogens with one attached hydrogen (secondary N) is 1. The van der Waals surface area contributed by atoms with E-state index in [-0.39, 0.29) is 18.5 Å². The van der Waals surface area contributed by atoms with Gasteiger partial charge >= 0.3 is 5.97 Å². The third kappa shape index (κ3) is 65.1. The number of carbonyl (C=O) groups is 2. The van der Waals surface area contributed by atoms with E-state index in [1.165, 1.54) is 321 Å². The fourth-order valence-electron chi connectivity index (χ4n) is 11.2. The number of unbranched alkanes of at least 4 members (excludes halogenated alkanes) is 52. The highest BCUT2D eigenvalue weighted by Crippen LogP contribution is 2.18. The predicted octanol–water partition coefficient (Wildman–Crippen LogP) is 23.1. The Morgan fingerprint density at radius 1 is 0.342 bits per heavy atom. The molecule has 0 aliphatic carbocycles. The van der Waals surface area contributed by atoms with Gasteiger partial charge in [0.1, 0.15) is 0 Å². The lowest BCUT2D eigenvalue weighted by Crippen LogP contribution is -2.45. The van der Waals surface area contributed by atoms with Gasteiger partial charge in [0.25, 0.3) is 0 Å². The Kier molecular flexibility index (Phi) is 66.9. The lowest BCUT2D eigenvalue weighted by atomic mass is 10.0. The molecule has 0 aromatic rings. The molecule has 2 atom stereocenters. The van der Waals surface area contributed by atoms with Gasteiger partial charge in [0.15, 0.2) is 0 Å². The van der Waals surface area contributed by atoms with Crippen LogP contribution in [-0.4, -0.2) is 47.4 Å². The number of esters is 1. The summed E-state index contributed by atoms with van der Waals surface area (Å²) in [7, 11) is 0. The molecule has 6 heteroatoms. The third-order valence-electron chi connectivity index (χ3n) is 16.6. The van der Waals surface area contributed by atoms with E-state index in [1.54, 1.807) is 6.08 Å². The third-order valence-corrected chi connectivity index (χ3v) is 16.6. The molecule has 0 aromatic carbocycles. The Morgan fingerprint density at radius 2 is 0.595 bits per heavy atom. The van der Waals surface area contributed by atoms with Crippen molar-refractivity contribution in [2.75, 3.05) is 13.2 Å². The quantitative estimate of drug-likeness (QED) is 0.0320. The van der Waals surface area contributed by atoms with Crippen molar-refractivity contribution in [2.24, 2.45) is 0 Å². The lowest BCUT2D eigenvalue weighted by Gasteiger charge is -2.20. The molecule has 0 fully saturated rings. The molecule has 0 radical (unpaired) electrons. The van der Waals surface area contributed by atoms with Crippen LogP contribution in [-0.2, 0) is 14.3 Å². The first-order chi connectivity index (χ1) is 39.0. The molecule has 3 N–H and O–H groups in total. The summed E-state index contributed by atoms with van der Waals surface area (Å²) < 4.78 is 5.49. The zero-order chi connectivity index (χ0) is 57.1. The fraction of sp³-hybridized carbons (Fsp3) is 0.890. The molecule has 0 bridgehead atoms. The molecule has 1 amide bonds. The van der Waals surface area contributed by atoms with Crippen molar-refractivity contribution in [2.45, 2.75) is 405 Å². The molecule has 0 rings (SSSR count). The lowest BCUT2D eigenvalue weighted by molar-refractivity contribution is -0.143. The van der Waals surface area contributed by atoms with E-state index in [1.807, 2.05) is 6.08 Å². The Balaban J connectivity index is 3.38. The molecule has 0 spiro atoms. The number of hydrogen-bond acceptors (Lipinski definition) is 5. The van der Waals surface area contributed by atoms with Crippen molar-refractivity contribution in [3.63, 3.8) is 0 Å². The summed E-state index contributed by atoms with van der Waals surface area (Å²) >= 11 is 0. The summed E-state index contributed by atoms with van der Waals surface area (Å²) in [4.78, 5) is 24.6.